The number of ether oxygens (including phenoxy) is 1. The molecule has 5 aromatic rings. The lowest BCUT2D eigenvalue weighted by molar-refractivity contribution is -0.113. The van der Waals surface area contributed by atoms with E-state index in [1.165, 1.54) is 23.1 Å². The van der Waals surface area contributed by atoms with Gasteiger partial charge < -0.3 is 10.1 Å². The van der Waals surface area contributed by atoms with Gasteiger partial charge in [0.15, 0.2) is 5.16 Å². The zero-order chi connectivity index (χ0) is 25.1. The van der Waals surface area contributed by atoms with Gasteiger partial charge in [-0.25, -0.2) is 4.98 Å². The molecule has 3 aromatic carbocycles. The molecule has 0 aliphatic carbocycles. The molecular formula is C28H23N3O3S2. The molecule has 180 valence electrons. The lowest BCUT2D eigenvalue weighted by Gasteiger charge is -2.13. The van der Waals surface area contributed by atoms with Crippen LogP contribution in [-0.4, -0.2) is 28.3 Å². The molecular weight excluding hydrogens is 490 g/mol. The van der Waals surface area contributed by atoms with Crippen LogP contribution in [0.4, 0.5) is 5.69 Å². The molecule has 2 heterocycles. The van der Waals surface area contributed by atoms with E-state index in [0.717, 1.165) is 16.0 Å². The van der Waals surface area contributed by atoms with Gasteiger partial charge in [0, 0.05) is 10.4 Å². The highest BCUT2D eigenvalue weighted by Gasteiger charge is 2.21. The van der Waals surface area contributed by atoms with Gasteiger partial charge in [-0.15, -0.1) is 11.3 Å². The van der Waals surface area contributed by atoms with Crippen LogP contribution in [0.3, 0.4) is 0 Å². The monoisotopic (exact) mass is 513 g/mol. The van der Waals surface area contributed by atoms with E-state index < -0.39 is 0 Å². The van der Waals surface area contributed by atoms with E-state index in [4.69, 9.17) is 9.72 Å². The molecule has 0 saturated carbocycles. The topological polar surface area (TPSA) is 73.2 Å². The number of hydrogen-bond donors (Lipinski definition) is 1. The van der Waals surface area contributed by atoms with Crippen LogP contribution in [-0.2, 0) is 4.79 Å². The number of aromatic nitrogens is 2. The fourth-order valence-electron chi connectivity index (χ4n) is 4.06. The Morgan fingerprint density at radius 3 is 2.39 bits per heavy atom. The maximum Gasteiger partial charge on any atom is 0.268 e. The number of thiophene rings is 1. The number of para-hydroxylation sites is 3. The van der Waals surface area contributed by atoms with Crippen molar-refractivity contribution in [3.05, 3.63) is 100 Å². The number of rotatable bonds is 7. The third-order valence-corrected chi connectivity index (χ3v) is 7.60. The van der Waals surface area contributed by atoms with Gasteiger partial charge in [0.2, 0.25) is 5.91 Å². The van der Waals surface area contributed by atoms with Crippen LogP contribution in [0.1, 0.15) is 4.88 Å². The summed E-state index contributed by atoms with van der Waals surface area (Å²) in [7, 11) is 1.56. The van der Waals surface area contributed by atoms with Gasteiger partial charge in [-0.2, -0.15) is 0 Å². The van der Waals surface area contributed by atoms with Gasteiger partial charge in [0.1, 0.15) is 10.6 Å². The summed E-state index contributed by atoms with van der Waals surface area (Å²) in [6.07, 6.45) is 0. The maximum absolute atomic E-state index is 14.0. The van der Waals surface area contributed by atoms with Crippen LogP contribution in [0.15, 0.2) is 94.9 Å². The van der Waals surface area contributed by atoms with Crippen LogP contribution >= 0.6 is 23.1 Å². The van der Waals surface area contributed by atoms with Crippen molar-refractivity contribution in [1.82, 2.24) is 9.55 Å². The largest absolute Gasteiger partial charge is 0.495 e. The molecule has 0 fully saturated rings. The molecule has 0 radical (unpaired) electrons. The third-order valence-electron chi connectivity index (χ3n) is 5.66. The van der Waals surface area contributed by atoms with E-state index in [2.05, 4.69) is 5.32 Å². The first-order chi connectivity index (χ1) is 17.6. The van der Waals surface area contributed by atoms with Crippen LogP contribution in [0, 0.1) is 6.92 Å². The first kappa shape index (κ1) is 23.8. The number of methoxy groups -OCH3 is 1. The summed E-state index contributed by atoms with van der Waals surface area (Å²) >= 11 is 2.72. The molecule has 1 N–H and O–H groups in total. The minimum Gasteiger partial charge on any atom is -0.495 e. The number of benzene rings is 3. The molecule has 0 saturated heterocycles. The van der Waals surface area contributed by atoms with E-state index in [9.17, 15) is 9.59 Å². The number of hydrogen-bond acceptors (Lipinski definition) is 6. The summed E-state index contributed by atoms with van der Waals surface area (Å²) in [5, 5.41) is 3.94. The minimum atomic E-state index is -0.217. The number of carbonyl (C=O) groups is 1. The highest BCUT2D eigenvalue weighted by atomic mass is 32.2. The third kappa shape index (κ3) is 4.65. The van der Waals surface area contributed by atoms with Crippen molar-refractivity contribution >= 4 is 44.9 Å². The number of thioether (sulfide) groups is 1. The SMILES string of the molecule is COc1ccccc1NC(=O)CSc1nc2sc(C)c(-c3ccccc3)c2c(=O)n1-c1ccccc1. The Kier molecular flexibility index (Phi) is 6.88. The van der Waals surface area contributed by atoms with Gasteiger partial charge in [0.25, 0.3) is 5.56 Å². The summed E-state index contributed by atoms with van der Waals surface area (Å²) in [4.78, 5) is 33.3. The Bertz CT molecular complexity index is 1600. The van der Waals surface area contributed by atoms with Gasteiger partial charge in [-0.05, 0) is 36.8 Å². The fourth-order valence-corrected chi connectivity index (χ4v) is 5.96. The molecule has 0 unspecified atom stereocenters. The normalized spacial score (nSPS) is 10.9. The number of fused-ring (bicyclic) bond motifs is 1. The molecule has 2 aromatic heterocycles. The van der Waals surface area contributed by atoms with Gasteiger partial charge in [-0.1, -0.05) is 72.4 Å². The molecule has 1 amide bonds. The summed E-state index contributed by atoms with van der Waals surface area (Å²) in [5.74, 6) is 0.448. The molecule has 0 spiro atoms. The number of amides is 1. The number of aryl methyl sites for hydroxylation is 1. The van der Waals surface area contributed by atoms with Crippen molar-refractivity contribution in [2.24, 2.45) is 0 Å². The van der Waals surface area contributed by atoms with Crippen molar-refractivity contribution < 1.29 is 9.53 Å². The highest BCUT2D eigenvalue weighted by molar-refractivity contribution is 7.99. The van der Waals surface area contributed by atoms with Crippen molar-refractivity contribution in [3.63, 3.8) is 0 Å². The number of nitrogens with zero attached hydrogens (tertiary/aromatic N) is 2. The van der Waals surface area contributed by atoms with Gasteiger partial charge in [0.05, 0.1) is 29.6 Å². The van der Waals surface area contributed by atoms with Crippen LogP contribution < -0.4 is 15.6 Å². The Balaban J connectivity index is 1.56. The van der Waals surface area contributed by atoms with Crippen molar-refractivity contribution in [2.75, 3.05) is 18.2 Å². The molecule has 8 heteroatoms. The standard InChI is InChI=1S/C28H23N3O3S2/c1-18-24(19-11-5-3-6-12-19)25-26(36-18)30-28(31(27(25)33)20-13-7-4-8-14-20)35-17-23(32)29-21-15-9-10-16-22(21)34-2/h3-16H,17H2,1-2H3,(H,29,32). The lowest BCUT2D eigenvalue weighted by Crippen LogP contribution is -2.22. The smallest absolute Gasteiger partial charge is 0.268 e. The number of anilines is 1. The van der Waals surface area contributed by atoms with Crippen LogP contribution in [0.5, 0.6) is 5.75 Å². The highest BCUT2D eigenvalue weighted by Crippen LogP contribution is 2.37. The zero-order valence-corrected chi connectivity index (χ0v) is 21.4. The maximum atomic E-state index is 14.0. The fraction of sp³-hybridized carbons (Fsp3) is 0.107. The van der Waals surface area contributed by atoms with E-state index in [0.29, 0.717) is 32.5 Å². The van der Waals surface area contributed by atoms with E-state index >= 15 is 0 Å². The van der Waals surface area contributed by atoms with E-state index in [-0.39, 0.29) is 17.2 Å². The summed E-state index contributed by atoms with van der Waals surface area (Å²) in [6.45, 7) is 2.01. The molecule has 0 atom stereocenters. The second-order valence-electron chi connectivity index (χ2n) is 7.99. The Morgan fingerprint density at radius 1 is 1.00 bits per heavy atom. The second kappa shape index (κ2) is 10.4. The Labute approximate surface area is 216 Å². The lowest BCUT2D eigenvalue weighted by atomic mass is 10.0. The molecule has 0 aliphatic heterocycles. The molecule has 5 rings (SSSR count). The summed E-state index contributed by atoms with van der Waals surface area (Å²) in [5.41, 5.74) is 3.03. The Morgan fingerprint density at radius 2 is 1.67 bits per heavy atom. The Hall–Kier alpha value is -3.88. The first-order valence-electron chi connectivity index (χ1n) is 11.3. The second-order valence-corrected chi connectivity index (χ2v) is 10.1. The summed E-state index contributed by atoms with van der Waals surface area (Å²) < 4.78 is 6.92. The number of carbonyl (C=O) groups excluding carboxylic acids is 1. The van der Waals surface area contributed by atoms with E-state index in [1.54, 1.807) is 23.8 Å². The predicted octanol–water partition coefficient (Wildman–Crippen LogP) is 6.16. The van der Waals surface area contributed by atoms with Crippen molar-refractivity contribution in [2.45, 2.75) is 12.1 Å². The summed E-state index contributed by atoms with van der Waals surface area (Å²) in [6, 6.07) is 26.5. The van der Waals surface area contributed by atoms with Crippen LogP contribution in [0.25, 0.3) is 27.0 Å². The van der Waals surface area contributed by atoms with Crippen LogP contribution in [0.2, 0.25) is 0 Å². The van der Waals surface area contributed by atoms with Gasteiger partial charge >= 0.3 is 0 Å². The molecule has 0 bridgehead atoms. The predicted molar refractivity (Wildman–Crippen MR) is 148 cm³/mol. The minimum absolute atomic E-state index is 0.0821. The molecule has 0 aliphatic rings. The zero-order valence-electron chi connectivity index (χ0n) is 19.7. The first-order valence-corrected chi connectivity index (χ1v) is 13.1. The number of nitrogens with one attached hydrogen (secondary N) is 1. The van der Waals surface area contributed by atoms with Gasteiger partial charge in [-0.3, -0.25) is 14.2 Å². The average molecular weight is 514 g/mol. The van der Waals surface area contributed by atoms with Crippen molar-refractivity contribution in [1.29, 1.82) is 0 Å². The quantitative estimate of drug-likeness (QED) is 0.208. The van der Waals surface area contributed by atoms with E-state index in [1.807, 2.05) is 79.7 Å². The van der Waals surface area contributed by atoms with Crippen molar-refractivity contribution in [3.8, 4) is 22.6 Å². The molecule has 36 heavy (non-hydrogen) atoms. The average Bonchev–Trinajstić information content (AvgIpc) is 3.24. The molecule has 6 nitrogen and oxygen atoms in total.